The van der Waals surface area contributed by atoms with Gasteiger partial charge in [-0.1, -0.05) is 30.9 Å². The standard InChI is InChI=1S/C18H17ClN4O/c19-13-8-6-12(7-9-13)17-22-16-15(20-10-11-21-16)18(24)23(17)14-4-2-1-3-5-14/h6-11,14H,1-5H2. The summed E-state index contributed by atoms with van der Waals surface area (Å²) in [7, 11) is 0. The third-order valence-corrected chi connectivity index (χ3v) is 4.83. The summed E-state index contributed by atoms with van der Waals surface area (Å²) in [6.45, 7) is 0. The van der Waals surface area contributed by atoms with Crippen LogP contribution in [0.2, 0.25) is 5.02 Å². The van der Waals surface area contributed by atoms with Gasteiger partial charge in [0.15, 0.2) is 11.2 Å². The molecule has 0 unspecified atom stereocenters. The van der Waals surface area contributed by atoms with Crippen LogP contribution in [-0.4, -0.2) is 19.5 Å². The molecule has 1 saturated carbocycles. The zero-order chi connectivity index (χ0) is 16.5. The van der Waals surface area contributed by atoms with Crippen LogP contribution in [0.3, 0.4) is 0 Å². The Balaban J connectivity index is 1.98. The fourth-order valence-electron chi connectivity index (χ4n) is 3.41. The molecule has 0 saturated heterocycles. The van der Waals surface area contributed by atoms with Crippen LogP contribution >= 0.6 is 11.6 Å². The molecule has 0 atom stereocenters. The highest BCUT2D eigenvalue weighted by Crippen LogP contribution is 2.31. The van der Waals surface area contributed by atoms with Crippen LogP contribution in [0.4, 0.5) is 0 Å². The molecule has 1 aliphatic rings. The van der Waals surface area contributed by atoms with E-state index in [0.29, 0.717) is 22.0 Å². The summed E-state index contributed by atoms with van der Waals surface area (Å²) < 4.78 is 1.82. The van der Waals surface area contributed by atoms with Crippen LogP contribution in [0.15, 0.2) is 41.5 Å². The third kappa shape index (κ3) is 2.69. The maximum absolute atomic E-state index is 13.1. The van der Waals surface area contributed by atoms with Crippen LogP contribution in [0.25, 0.3) is 22.6 Å². The Kier molecular flexibility index (Phi) is 4.02. The molecule has 122 valence electrons. The number of aromatic nitrogens is 4. The summed E-state index contributed by atoms with van der Waals surface area (Å²) in [4.78, 5) is 26.2. The first-order valence-electron chi connectivity index (χ1n) is 8.23. The Labute approximate surface area is 144 Å². The molecule has 5 nitrogen and oxygen atoms in total. The number of halogens is 1. The van der Waals surface area contributed by atoms with Crippen molar-refractivity contribution in [1.29, 1.82) is 0 Å². The van der Waals surface area contributed by atoms with Gasteiger partial charge in [0.1, 0.15) is 5.82 Å². The number of fused-ring (bicyclic) bond motifs is 1. The lowest BCUT2D eigenvalue weighted by atomic mass is 9.95. The number of hydrogen-bond acceptors (Lipinski definition) is 4. The Bertz CT molecular complexity index is 930. The van der Waals surface area contributed by atoms with E-state index < -0.39 is 0 Å². The Hall–Kier alpha value is -2.27. The van der Waals surface area contributed by atoms with Crippen molar-refractivity contribution >= 4 is 22.8 Å². The van der Waals surface area contributed by atoms with Crippen LogP contribution < -0.4 is 5.56 Å². The van der Waals surface area contributed by atoms with Crippen molar-refractivity contribution in [3.8, 4) is 11.4 Å². The minimum Gasteiger partial charge on any atom is -0.288 e. The third-order valence-electron chi connectivity index (χ3n) is 4.58. The SMILES string of the molecule is O=c1c2nccnc2nc(-c2ccc(Cl)cc2)n1C1CCCCC1. The average molecular weight is 341 g/mol. The highest BCUT2D eigenvalue weighted by atomic mass is 35.5. The topological polar surface area (TPSA) is 60.7 Å². The van der Waals surface area contributed by atoms with E-state index in [9.17, 15) is 4.79 Å². The zero-order valence-electron chi connectivity index (χ0n) is 13.2. The Morgan fingerprint density at radius 1 is 1.00 bits per heavy atom. The molecule has 2 aromatic heterocycles. The molecule has 0 aliphatic heterocycles. The molecular formula is C18H17ClN4O. The molecule has 4 rings (SSSR count). The number of rotatable bonds is 2. The summed E-state index contributed by atoms with van der Waals surface area (Å²) in [6, 6.07) is 7.58. The fourth-order valence-corrected chi connectivity index (χ4v) is 3.53. The van der Waals surface area contributed by atoms with Gasteiger partial charge in [-0.05, 0) is 37.1 Å². The Morgan fingerprint density at radius 2 is 1.71 bits per heavy atom. The van der Waals surface area contributed by atoms with Crippen molar-refractivity contribution in [1.82, 2.24) is 19.5 Å². The summed E-state index contributed by atoms with van der Waals surface area (Å²) >= 11 is 6.00. The molecule has 3 aromatic rings. The Morgan fingerprint density at radius 3 is 2.46 bits per heavy atom. The van der Waals surface area contributed by atoms with Gasteiger partial charge >= 0.3 is 0 Å². The maximum atomic E-state index is 13.1. The first kappa shape index (κ1) is 15.3. The molecule has 0 bridgehead atoms. The molecule has 0 spiro atoms. The molecule has 0 N–H and O–H groups in total. The van der Waals surface area contributed by atoms with E-state index in [1.54, 1.807) is 12.4 Å². The van der Waals surface area contributed by atoms with E-state index in [0.717, 1.165) is 31.2 Å². The highest BCUT2D eigenvalue weighted by molar-refractivity contribution is 6.30. The molecule has 1 fully saturated rings. The van der Waals surface area contributed by atoms with Gasteiger partial charge in [0, 0.05) is 29.0 Å². The van der Waals surface area contributed by atoms with Gasteiger partial charge in [-0.2, -0.15) is 0 Å². The first-order chi connectivity index (χ1) is 11.7. The lowest BCUT2D eigenvalue weighted by Crippen LogP contribution is -2.29. The largest absolute Gasteiger partial charge is 0.288 e. The van der Waals surface area contributed by atoms with Crippen molar-refractivity contribution in [3.63, 3.8) is 0 Å². The molecule has 6 heteroatoms. The van der Waals surface area contributed by atoms with Crippen molar-refractivity contribution in [2.45, 2.75) is 38.1 Å². The van der Waals surface area contributed by atoms with Gasteiger partial charge in [0.05, 0.1) is 0 Å². The second-order valence-electron chi connectivity index (χ2n) is 6.14. The molecular weight excluding hydrogens is 324 g/mol. The quantitative estimate of drug-likeness (QED) is 0.707. The lowest BCUT2D eigenvalue weighted by molar-refractivity contribution is 0.348. The number of hydrogen-bond donors (Lipinski definition) is 0. The van der Waals surface area contributed by atoms with Crippen molar-refractivity contribution < 1.29 is 0 Å². The van der Waals surface area contributed by atoms with E-state index in [1.807, 2.05) is 28.8 Å². The monoisotopic (exact) mass is 340 g/mol. The smallest absolute Gasteiger partial charge is 0.282 e. The molecule has 2 heterocycles. The van der Waals surface area contributed by atoms with Crippen molar-refractivity contribution in [3.05, 3.63) is 52.0 Å². The van der Waals surface area contributed by atoms with Crippen molar-refractivity contribution in [2.75, 3.05) is 0 Å². The minimum absolute atomic E-state index is 0.107. The van der Waals surface area contributed by atoms with Crippen molar-refractivity contribution in [2.24, 2.45) is 0 Å². The van der Waals surface area contributed by atoms with Gasteiger partial charge in [0.2, 0.25) is 0 Å². The summed E-state index contributed by atoms with van der Waals surface area (Å²) in [5.74, 6) is 0.650. The highest BCUT2D eigenvalue weighted by Gasteiger charge is 2.23. The summed E-state index contributed by atoms with van der Waals surface area (Å²) in [5, 5.41) is 0.658. The summed E-state index contributed by atoms with van der Waals surface area (Å²) in [6.07, 6.45) is 8.58. The van der Waals surface area contributed by atoms with Gasteiger partial charge in [-0.15, -0.1) is 0 Å². The maximum Gasteiger partial charge on any atom is 0.282 e. The zero-order valence-corrected chi connectivity index (χ0v) is 13.9. The first-order valence-corrected chi connectivity index (χ1v) is 8.61. The van der Waals surface area contributed by atoms with Gasteiger partial charge in [0.25, 0.3) is 5.56 Å². The van der Waals surface area contributed by atoms with Crippen LogP contribution in [0.5, 0.6) is 0 Å². The van der Waals surface area contributed by atoms with E-state index >= 15 is 0 Å². The molecule has 24 heavy (non-hydrogen) atoms. The van der Waals surface area contributed by atoms with E-state index in [2.05, 4.69) is 15.0 Å². The normalized spacial score (nSPS) is 15.7. The number of benzene rings is 1. The van der Waals surface area contributed by atoms with Gasteiger partial charge in [-0.3, -0.25) is 9.36 Å². The lowest BCUT2D eigenvalue weighted by Gasteiger charge is -2.26. The molecule has 0 radical (unpaired) electrons. The molecule has 1 aliphatic carbocycles. The molecule has 0 amide bonds. The molecule has 1 aromatic carbocycles. The van der Waals surface area contributed by atoms with Gasteiger partial charge < -0.3 is 0 Å². The number of nitrogens with zero attached hydrogens (tertiary/aromatic N) is 4. The van der Waals surface area contributed by atoms with Crippen LogP contribution in [-0.2, 0) is 0 Å². The second-order valence-corrected chi connectivity index (χ2v) is 6.57. The summed E-state index contributed by atoms with van der Waals surface area (Å²) in [5.41, 5.74) is 1.49. The minimum atomic E-state index is -0.107. The van der Waals surface area contributed by atoms with E-state index in [-0.39, 0.29) is 11.6 Å². The van der Waals surface area contributed by atoms with Crippen LogP contribution in [0.1, 0.15) is 38.1 Å². The van der Waals surface area contributed by atoms with Gasteiger partial charge in [-0.25, -0.2) is 15.0 Å². The fraction of sp³-hybridized carbons (Fsp3) is 0.333. The predicted molar refractivity (Wildman–Crippen MR) is 94.2 cm³/mol. The van der Waals surface area contributed by atoms with Crippen LogP contribution in [0, 0.1) is 0 Å². The average Bonchev–Trinajstić information content (AvgIpc) is 2.63. The predicted octanol–water partition coefficient (Wildman–Crippen LogP) is 4.01. The van der Waals surface area contributed by atoms with E-state index in [1.165, 1.54) is 6.42 Å². The second kappa shape index (κ2) is 6.32. The van der Waals surface area contributed by atoms with E-state index in [4.69, 9.17) is 11.6 Å².